The molecule has 1 unspecified atom stereocenters. The summed E-state index contributed by atoms with van der Waals surface area (Å²) in [6.07, 6.45) is 0.977. The van der Waals surface area contributed by atoms with Gasteiger partial charge in [-0.3, -0.25) is 9.69 Å². The third kappa shape index (κ3) is 3.23. The van der Waals surface area contributed by atoms with Crippen molar-refractivity contribution in [3.63, 3.8) is 0 Å². The quantitative estimate of drug-likeness (QED) is 0.798. The third-order valence-electron chi connectivity index (χ3n) is 3.16. The average molecular weight is 288 g/mol. The van der Waals surface area contributed by atoms with Crippen LogP contribution in [0.1, 0.15) is 16.8 Å². The van der Waals surface area contributed by atoms with E-state index in [-0.39, 0.29) is 5.78 Å². The normalized spacial score (nSPS) is 19.4. The number of rotatable bonds is 4. The standard InChI is InChI=1S/C13H15Cl2NO2/c1-16(10-4-5-18-8-10)7-13(17)9-2-3-11(14)12(15)6-9/h2-3,6,10H,4-5,7-8H2,1H3. The monoisotopic (exact) mass is 287 g/mol. The number of halogens is 2. The summed E-state index contributed by atoms with van der Waals surface area (Å²) in [5.74, 6) is 0.0444. The molecule has 1 aromatic rings. The largest absolute Gasteiger partial charge is 0.380 e. The predicted octanol–water partition coefficient (Wildman–Crippen LogP) is 2.90. The van der Waals surface area contributed by atoms with Gasteiger partial charge < -0.3 is 4.74 Å². The molecule has 98 valence electrons. The molecule has 0 radical (unpaired) electrons. The lowest BCUT2D eigenvalue weighted by Crippen LogP contribution is -2.36. The Bertz CT molecular complexity index is 445. The number of nitrogens with zero attached hydrogens (tertiary/aromatic N) is 1. The first-order valence-electron chi connectivity index (χ1n) is 5.84. The van der Waals surface area contributed by atoms with Crippen molar-refractivity contribution in [2.45, 2.75) is 12.5 Å². The Labute approximate surface area is 117 Å². The van der Waals surface area contributed by atoms with Crippen LogP contribution in [0.4, 0.5) is 0 Å². The molecule has 0 aliphatic carbocycles. The zero-order chi connectivity index (χ0) is 13.1. The van der Waals surface area contributed by atoms with Gasteiger partial charge in [0.25, 0.3) is 0 Å². The number of ether oxygens (including phenoxy) is 1. The lowest BCUT2D eigenvalue weighted by atomic mass is 10.1. The van der Waals surface area contributed by atoms with Crippen LogP contribution < -0.4 is 0 Å². The van der Waals surface area contributed by atoms with Crippen LogP contribution in [0, 0.1) is 0 Å². The van der Waals surface area contributed by atoms with Crippen LogP contribution in [0.3, 0.4) is 0 Å². The first-order valence-corrected chi connectivity index (χ1v) is 6.60. The smallest absolute Gasteiger partial charge is 0.176 e. The second kappa shape index (κ2) is 6.02. The second-order valence-electron chi connectivity index (χ2n) is 4.48. The average Bonchev–Trinajstić information content (AvgIpc) is 2.86. The molecule has 1 aliphatic heterocycles. The molecular formula is C13H15Cl2NO2. The van der Waals surface area contributed by atoms with Gasteiger partial charge in [-0.1, -0.05) is 23.2 Å². The van der Waals surface area contributed by atoms with E-state index in [1.165, 1.54) is 0 Å². The van der Waals surface area contributed by atoms with Crippen LogP contribution in [0.5, 0.6) is 0 Å². The Morgan fingerprint density at radius 1 is 1.44 bits per heavy atom. The van der Waals surface area contributed by atoms with E-state index in [0.717, 1.165) is 13.0 Å². The van der Waals surface area contributed by atoms with Crippen molar-refractivity contribution in [2.24, 2.45) is 0 Å². The van der Waals surface area contributed by atoms with E-state index in [4.69, 9.17) is 27.9 Å². The molecule has 0 bridgehead atoms. The van der Waals surface area contributed by atoms with Crippen LogP contribution in [0.15, 0.2) is 18.2 Å². The summed E-state index contributed by atoms with van der Waals surface area (Å²) in [5, 5.41) is 0.875. The summed E-state index contributed by atoms with van der Waals surface area (Å²) < 4.78 is 5.31. The van der Waals surface area contributed by atoms with Gasteiger partial charge in [-0.25, -0.2) is 0 Å². The minimum Gasteiger partial charge on any atom is -0.380 e. The molecule has 1 aromatic carbocycles. The number of Topliss-reactive ketones (excluding diaryl/α,β-unsaturated/α-hetero) is 1. The maximum Gasteiger partial charge on any atom is 0.176 e. The summed E-state index contributed by atoms with van der Waals surface area (Å²) in [6, 6.07) is 5.30. The van der Waals surface area contributed by atoms with Gasteiger partial charge >= 0.3 is 0 Å². The highest BCUT2D eigenvalue weighted by Crippen LogP contribution is 2.23. The number of hydrogen-bond donors (Lipinski definition) is 0. The molecule has 0 saturated carbocycles. The lowest BCUT2D eigenvalue weighted by molar-refractivity contribution is 0.0907. The fourth-order valence-electron chi connectivity index (χ4n) is 1.99. The highest BCUT2D eigenvalue weighted by atomic mass is 35.5. The Hall–Kier alpha value is -0.610. The molecule has 1 saturated heterocycles. The summed E-state index contributed by atoms with van der Waals surface area (Å²) in [5.41, 5.74) is 0.593. The third-order valence-corrected chi connectivity index (χ3v) is 3.90. The number of likely N-dealkylation sites (N-methyl/N-ethyl adjacent to an activating group) is 1. The van der Waals surface area contributed by atoms with Crippen molar-refractivity contribution in [2.75, 3.05) is 26.8 Å². The topological polar surface area (TPSA) is 29.5 Å². The molecule has 3 nitrogen and oxygen atoms in total. The minimum atomic E-state index is 0.0444. The molecule has 1 heterocycles. The number of ketones is 1. The van der Waals surface area contributed by atoms with Crippen molar-refractivity contribution in [3.05, 3.63) is 33.8 Å². The highest BCUT2D eigenvalue weighted by molar-refractivity contribution is 6.42. The highest BCUT2D eigenvalue weighted by Gasteiger charge is 2.22. The van der Waals surface area contributed by atoms with Gasteiger partial charge in [-0.2, -0.15) is 0 Å². The zero-order valence-electron chi connectivity index (χ0n) is 10.2. The number of carbonyl (C=O) groups excluding carboxylic acids is 1. The molecule has 2 rings (SSSR count). The Morgan fingerprint density at radius 2 is 2.22 bits per heavy atom. The molecule has 0 amide bonds. The van der Waals surface area contributed by atoms with E-state index in [0.29, 0.717) is 34.8 Å². The molecule has 1 aliphatic rings. The fourth-order valence-corrected chi connectivity index (χ4v) is 2.28. The van der Waals surface area contributed by atoms with Gasteiger partial charge in [0.1, 0.15) is 0 Å². The Morgan fingerprint density at radius 3 is 2.83 bits per heavy atom. The van der Waals surface area contributed by atoms with Crippen molar-refractivity contribution in [3.8, 4) is 0 Å². The van der Waals surface area contributed by atoms with E-state index in [1.54, 1.807) is 18.2 Å². The maximum absolute atomic E-state index is 12.1. The van der Waals surface area contributed by atoms with Crippen LogP contribution in [0.25, 0.3) is 0 Å². The van der Waals surface area contributed by atoms with E-state index in [1.807, 2.05) is 11.9 Å². The minimum absolute atomic E-state index is 0.0444. The van der Waals surface area contributed by atoms with Crippen molar-refractivity contribution < 1.29 is 9.53 Å². The number of benzene rings is 1. The van der Waals surface area contributed by atoms with Crippen molar-refractivity contribution >= 4 is 29.0 Å². The first kappa shape index (κ1) is 13.8. The molecule has 5 heteroatoms. The van der Waals surface area contributed by atoms with E-state index in [2.05, 4.69) is 0 Å². The molecular weight excluding hydrogens is 273 g/mol. The first-order chi connectivity index (χ1) is 8.58. The van der Waals surface area contributed by atoms with Gasteiger partial charge in [-0.05, 0) is 31.7 Å². The van der Waals surface area contributed by atoms with Crippen LogP contribution >= 0.6 is 23.2 Å². The van der Waals surface area contributed by atoms with Crippen molar-refractivity contribution in [1.82, 2.24) is 4.90 Å². The molecule has 1 fully saturated rings. The number of hydrogen-bond acceptors (Lipinski definition) is 3. The lowest BCUT2D eigenvalue weighted by Gasteiger charge is -2.21. The van der Waals surface area contributed by atoms with Gasteiger partial charge in [-0.15, -0.1) is 0 Å². The molecule has 1 atom stereocenters. The summed E-state index contributed by atoms with van der Waals surface area (Å²) in [6.45, 7) is 1.84. The van der Waals surface area contributed by atoms with E-state index >= 15 is 0 Å². The summed E-state index contributed by atoms with van der Waals surface area (Å²) in [7, 11) is 1.94. The SMILES string of the molecule is CN(CC(=O)c1ccc(Cl)c(Cl)c1)C1CCOC1. The number of carbonyl (C=O) groups is 1. The van der Waals surface area contributed by atoms with E-state index in [9.17, 15) is 4.79 Å². The summed E-state index contributed by atoms with van der Waals surface area (Å²) >= 11 is 11.7. The molecule has 0 N–H and O–H groups in total. The fraction of sp³-hybridized carbons (Fsp3) is 0.462. The van der Waals surface area contributed by atoms with Crippen LogP contribution in [-0.4, -0.2) is 43.5 Å². The van der Waals surface area contributed by atoms with Gasteiger partial charge in [0, 0.05) is 18.2 Å². The molecule has 18 heavy (non-hydrogen) atoms. The van der Waals surface area contributed by atoms with Gasteiger partial charge in [0.05, 0.1) is 23.2 Å². The van der Waals surface area contributed by atoms with Crippen LogP contribution in [0.2, 0.25) is 10.0 Å². The van der Waals surface area contributed by atoms with E-state index < -0.39 is 0 Å². The summed E-state index contributed by atoms with van der Waals surface area (Å²) in [4.78, 5) is 14.1. The predicted molar refractivity (Wildman–Crippen MR) is 72.6 cm³/mol. The van der Waals surface area contributed by atoms with Gasteiger partial charge in [0.2, 0.25) is 0 Å². The molecule has 0 aromatic heterocycles. The Balaban J connectivity index is 2.00. The maximum atomic E-state index is 12.1. The zero-order valence-corrected chi connectivity index (χ0v) is 11.7. The molecule has 0 spiro atoms. The van der Waals surface area contributed by atoms with Crippen molar-refractivity contribution in [1.29, 1.82) is 0 Å². The van der Waals surface area contributed by atoms with Gasteiger partial charge in [0.15, 0.2) is 5.78 Å². The Kier molecular flexibility index (Phi) is 4.62. The van der Waals surface area contributed by atoms with Crippen LogP contribution in [-0.2, 0) is 4.74 Å². The second-order valence-corrected chi connectivity index (χ2v) is 5.30.